The van der Waals surface area contributed by atoms with Gasteiger partial charge in [-0.2, -0.15) is 0 Å². The fourth-order valence-electron chi connectivity index (χ4n) is 3.08. The average Bonchev–Trinajstić information content (AvgIpc) is 2.65. The zero-order valence-electron chi connectivity index (χ0n) is 15.0. The molecule has 2 rings (SSSR count). The Morgan fingerprint density at radius 1 is 1.23 bits per heavy atom. The van der Waals surface area contributed by atoms with Crippen molar-refractivity contribution in [3.63, 3.8) is 0 Å². The van der Waals surface area contributed by atoms with Gasteiger partial charge < -0.3 is 15.0 Å². The molecule has 1 heterocycles. The molecule has 0 unspecified atom stereocenters. The van der Waals surface area contributed by atoms with E-state index >= 15 is 0 Å². The zero-order chi connectivity index (χ0) is 18.9. The number of benzene rings is 1. The number of piperidine rings is 1. The minimum absolute atomic E-state index is 0.128. The number of nitrogens with zero attached hydrogens (tertiary/aromatic N) is 1. The van der Waals surface area contributed by atoms with Crippen LogP contribution in [-0.4, -0.2) is 41.9 Å². The van der Waals surface area contributed by atoms with E-state index in [0.29, 0.717) is 25.1 Å². The normalized spacial score (nSPS) is 16.8. The molecular formula is C19H25FN2O4. The fourth-order valence-corrected chi connectivity index (χ4v) is 3.08. The second-order valence-corrected chi connectivity index (χ2v) is 6.30. The van der Waals surface area contributed by atoms with E-state index < -0.39 is 11.8 Å². The van der Waals surface area contributed by atoms with Crippen LogP contribution in [0, 0.1) is 5.82 Å². The number of nitrogens with one attached hydrogen (secondary N) is 1. The Labute approximate surface area is 152 Å². The summed E-state index contributed by atoms with van der Waals surface area (Å²) in [6.07, 6.45) is 3.31. The van der Waals surface area contributed by atoms with Crippen molar-refractivity contribution in [2.45, 2.75) is 51.6 Å². The van der Waals surface area contributed by atoms with Crippen molar-refractivity contribution in [2.75, 3.05) is 13.2 Å². The summed E-state index contributed by atoms with van der Waals surface area (Å²) in [6, 6.07) is 5.60. The Balaban J connectivity index is 1.88. The summed E-state index contributed by atoms with van der Waals surface area (Å²) in [7, 11) is 0. The summed E-state index contributed by atoms with van der Waals surface area (Å²) >= 11 is 0. The molecule has 0 saturated carbocycles. The van der Waals surface area contributed by atoms with Crippen LogP contribution in [0.1, 0.15) is 44.6 Å². The molecule has 1 aromatic carbocycles. The molecule has 0 bridgehead atoms. The lowest BCUT2D eigenvalue weighted by atomic mass is 9.97. The maximum Gasteiger partial charge on any atom is 0.312 e. The van der Waals surface area contributed by atoms with Crippen molar-refractivity contribution < 1.29 is 23.5 Å². The number of amides is 2. The Bertz CT molecular complexity index is 633. The smallest absolute Gasteiger partial charge is 0.312 e. The van der Waals surface area contributed by atoms with E-state index in [0.717, 1.165) is 19.3 Å². The molecule has 1 atom stereocenters. The Morgan fingerprint density at radius 3 is 2.65 bits per heavy atom. The molecule has 2 amide bonds. The first kappa shape index (κ1) is 19.9. The van der Waals surface area contributed by atoms with E-state index in [1.165, 1.54) is 12.1 Å². The molecule has 7 heteroatoms. The highest BCUT2D eigenvalue weighted by Crippen LogP contribution is 2.21. The second-order valence-electron chi connectivity index (χ2n) is 6.30. The third-order valence-electron chi connectivity index (χ3n) is 4.44. The molecule has 1 aliphatic heterocycles. The molecular weight excluding hydrogens is 339 g/mol. The first-order chi connectivity index (χ1) is 12.5. The third kappa shape index (κ3) is 5.82. The van der Waals surface area contributed by atoms with Gasteiger partial charge in [-0.05, 0) is 50.3 Å². The average molecular weight is 364 g/mol. The molecule has 1 aromatic rings. The minimum atomic E-state index is -0.683. The number of hydrogen-bond acceptors (Lipinski definition) is 4. The van der Waals surface area contributed by atoms with Crippen LogP contribution in [0.25, 0.3) is 0 Å². The molecule has 0 spiro atoms. The molecule has 142 valence electrons. The molecule has 0 aromatic heterocycles. The number of rotatable bonds is 6. The van der Waals surface area contributed by atoms with E-state index in [9.17, 15) is 18.8 Å². The van der Waals surface area contributed by atoms with E-state index in [4.69, 9.17) is 4.74 Å². The van der Waals surface area contributed by atoms with Gasteiger partial charge in [-0.1, -0.05) is 12.1 Å². The summed E-state index contributed by atoms with van der Waals surface area (Å²) in [5.41, 5.74) is 0.713. The molecule has 1 aliphatic rings. The van der Waals surface area contributed by atoms with Gasteiger partial charge in [-0.25, -0.2) is 4.39 Å². The summed E-state index contributed by atoms with van der Waals surface area (Å²) in [5.74, 6) is -1.90. The minimum Gasteiger partial charge on any atom is -0.466 e. The molecule has 6 nitrogen and oxygen atoms in total. The van der Waals surface area contributed by atoms with Gasteiger partial charge in [0.1, 0.15) is 5.82 Å². The second kappa shape index (κ2) is 9.89. The fraction of sp³-hybridized carbons (Fsp3) is 0.526. The van der Waals surface area contributed by atoms with Gasteiger partial charge in [-0.15, -0.1) is 0 Å². The van der Waals surface area contributed by atoms with Crippen LogP contribution < -0.4 is 5.32 Å². The van der Waals surface area contributed by atoms with Gasteiger partial charge in [0.05, 0.1) is 6.61 Å². The number of hydrogen-bond donors (Lipinski definition) is 1. The number of halogens is 1. The lowest BCUT2D eigenvalue weighted by molar-refractivity contribution is -0.149. The van der Waals surface area contributed by atoms with Crippen LogP contribution >= 0.6 is 0 Å². The number of likely N-dealkylation sites (tertiary alicyclic amines) is 1. The van der Waals surface area contributed by atoms with E-state index in [1.54, 1.807) is 24.0 Å². The molecule has 26 heavy (non-hydrogen) atoms. The van der Waals surface area contributed by atoms with Gasteiger partial charge in [0.2, 0.25) is 0 Å². The SMILES string of the molecule is CCOC(=O)CC[C@@H]1CCCCN1C(=O)C(=O)NCc1ccc(F)cc1. The monoisotopic (exact) mass is 364 g/mol. The zero-order valence-corrected chi connectivity index (χ0v) is 15.0. The maximum atomic E-state index is 12.9. The van der Waals surface area contributed by atoms with Crippen molar-refractivity contribution in [3.8, 4) is 0 Å². The quantitative estimate of drug-likeness (QED) is 0.620. The van der Waals surface area contributed by atoms with Gasteiger partial charge in [-0.3, -0.25) is 14.4 Å². The molecule has 0 aliphatic carbocycles. The number of ether oxygens (including phenoxy) is 1. The van der Waals surface area contributed by atoms with Gasteiger partial charge in [0, 0.05) is 25.6 Å². The summed E-state index contributed by atoms with van der Waals surface area (Å²) in [6.45, 7) is 2.75. The van der Waals surface area contributed by atoms with Gasteiger partial charge >= 0.3 is 17.8 Å². The highest BCUT2D eigenvalue weighted by Gasteiger charge is 2.30. The molecule has 1 fully saturated rings. The lowest BCUT2D eigenvalue weighted by Crippen LogP contribution is -2.50. The topological polar surface area (TPSA) is 75.7 Å². The van der Waals surface area contributed by atoms with Crippen molar-refractivity contribution >= 4 is 17.8 Å². The number of carbonyl (C=O) groups is 3. The highest BCUT2D eigenvalue weighted by molar-refractivity contribution is 6.35. The van der Waals surface area contributed by atoms with E-state index in [1.807, 2.05) is 0 Å². The van der Waals surface area contributed by atoms with Crippen LogP contribution in [0.2, 0.25) is 0 Å². The number of carbonyl (C=O) groups excluding carboxylic acids is 3. The van der Waals surface area contributed by atoms with Crippen LogP contribution in [0.3, 0.4) is 0 Å². The van der Waals surface area contributed by atoms with Gasteiger partial charge in [0.15, 0.2) is 0 Å². The van der Waals surface area contributed by atoms with Crippen LogP contribution in [0.5, 0.6) is 0 Å². The van der Waals surface area contributed by atoms with E-state index in [-0.39, 0.29) is 30.8 Å². The van der Waals surface area contributed by atoms with Crippen molar-refractivity contribution in [1.82, 2.24) is 10.2 Å². The van der Waals surface area contributed by atoms with Crippen molar-refractivity contribution in [2.24, 2.45) is 0 Å². The predicted octanol–water partition coefficient (Wildman–Crippen LogP) is 2.17. The standard InChI is InChI=1S/C19H25FN2O4/c1-2-26-17(23)11-10-16-5-3-4-12-22(16)19(25)18(24)21-13-14-6-8-15(20)9-7-14/h6-9,16H,2-5,10-13H2,1H3,(H,21,24)/t16-/m0/s1. The molecule has 0 radical (unpaired) electrons. The van der Waals surface area contributed by atoms with Crippen molar-refractivity contribution in [1.29, 1.82) is 0 Å². The number of esters is 1. The molecule has 1 N–H and O–H groups in total. The molecule has 1 saturated heterocycles. The van der Waals surface area contributed by atoms with Crippen LogP contribution in [-0.2, 0) is 25.7 Å². The van der Waals surface area contributed by atoms with Crippen molar-refractivity contribution in [3.05, 3.63) is 35.6 Å². The first-order valence-corrected chi connectivity index (χ1v) is 9.00. The van der Waals surface area contributed by atoms with E-state index in [2.05, 4.69) is 5.32 Å². The summed E-state index contributed by atoms with van der Waals surface area (Å²) < 4.78 is 17.8. The lowest BCUT2D eigenvalue weighted by Gasteiger charge is -2.35. The van der Waals surface area contributed by atoms with Crippen LogP contribution in [0.15, 0.2) is 24.3 Å². The first-order valence-electron chi connectivity index (χ1n) is 9.00. The predicted molar refractivity (Wildman–Crippen MR) is 93.5 cm³/mol. The third-order valence-corrected chi connectivity index (χ3v) is 4.44. The Kier molecular flexibility index (Phi) is 7.56. The Morgan fingerprint density at radius 2 is 1.96 bits per heavy atom. The maximum absolute atomic E-state index is 12.9. The summed E-state index contributed by atoms with van der Waals surface area (Å²) in [5, 5.41) is 2.58. The highest BCUT2D eigenvalue weighted by atomic mass is 19.1. The van der Waals surface area contributed by atoms with Crippen LogP contribution in [0.4, 0.5) is 4.39 Å². The largest absolute Gasteiger partial charge is 0.466 e. The summed E-state index contributed by atoms with van der Waals surface area (Å²) in [4.78, 5) is 37.8. The Hall–Kier alpha value is -2.44. The van der Waals surface area contributed by atoms with Gasteiger partial charge in [0.25, 0.3) is 0 Å².